The second-order valence-electron chi connectivity index (χ2n) is 5.29. The van der Waals surface area contributed by atoms with E-state index in [1.165, 1.54) is 17.5 Å². The first-order valence-electron chi connectivity index (χ1n) is 6.51. The number of benzene rings is 1. The molecule has 18 heavy (non-hydrogen) atoms. The minimum absolute atomic E-state index is 0.00289. The lowest BCUT2D eigenvalue weighted by atomic mass is 9.87. The molecule has 3 nitrogen and oxygen atoms in total. The van der Waals surface area contributed by atoms with Crippen molar-refractivity contribution < 1.29 is 9.47 Å². The van der Waals surface area contributed by atoms with Crippen molar-refractivity contribution in [1.82, 2.24) is 5.32 Å². The smallest absolute Gasteiger partial charge is 0.166 e. The standard InChI is InChI=1S/C15H23NO2/c1-10-9-12(15(3)7-6-8-16-15)14(18-5)13(17-4)11(10)2/h9,16H,6-8H2,1-5H3. The van der Waals surface area contributed by atoms with Gasteiger partial charge in [0.1, 0.15) is 0 Å². The molecule has 0 aromatic heterocycles. The van der Waals surface area contributed by atoms with E-state index in [1.54, 1.807) is 14.2 Å². The van der Waals surface area contributed by atoms with Crippen LogP contribution in [-0.2, 0) is 5.54 Å². The van der Waals surface area contributed by atoms with Gasteiger partial charge in [-0.3, -0.25) is 0 Å². The largest absolute Gasteiger partial charge is 0.493 e. The Labute approximate surface area is 109 Å². The highest BCUT2D eigenvalue weighted by Gasteiger charge is 2.34. The molecule has 0 aliphatic carbocycles. The van der Waals surface area contributed by atoms with Gasteiger partial charge in [0.25, 0.3) is 0 Å². The fourth-order valence-corrected chi connectivity index (χ4v) is 2.84. The first-order valence-corrected chi connectivity index (χ1v) is 6.51. The predicted molar refractivity (Wildman–Crippen MR) is 73.6 cm³/mol. The van der Waals surface area contributed by atoms with Crippen LogP contribution in [0, 0.1) is 13.8 Å². The number of hydrogen-bond acceptors (Lipinski definition) is 3. The van der Waals surface area contributed by atoms with E-state index < -0.39 is 0 Å². The monoisotopic (exact) mass is 249 g/mol. The van der Waals surface area contributed by atoms with Crippen LogP contribution in [-0.4, -0.2) is 20.8 Å². The highest BCUT2D eigenvalue weighted by Crippen LogP contribution is 2.44. The minimum atomic E-state index is -0.00289. The van der Waals surface area contributed by atoms with Gasteiger partial charge in [-0.05, 0) is 57.4 Å². The Morgan fingerprint density at radius 3 is 2.33 bits per heavy atom. The molecule has 0 spiro atoms. The van der Waals surface area contributed by atoms with Crippen molar-refractivity contribution in [2.45, 2.75) is 39.2 Å². The number of hydrogen-bond donors (Lipinski definition) is 1. The van der Waals surface area contributed by atoms with E-state index in [0.29, 0.717) is 0 Å². The molecule has 0 saturated carbocycles. The van der Waals surface area contributed by atoms with E-state index in [4.69, 9.17) is 9.47 Å². The molecule has 1 N–H and O–H groups in total. The van der Waals surface area contributed by atoms with Gasteiger partial charge in [0, 0.05) is 11.1 Å². The summed E-state index contributed by atoms with van der Waals surface area (Å²) in [7, 11) is 3.42. The molecule has 1 aliphatic rings. The maximum absolute atomic E-state index is 5.62. The van der Waals surface area contributed by atoms with Crippen LogP contribution >= 0.6 is 0 Å². The van der Waals surface area contributed by atoms with Crippen molar-refractivity contribution in [3.05, 3.63) is 22.8 Å². The highest BCUT2D eigenvalue weighted by molar-refractivity contribution is 5.57. The zero-order valence-corrected chi connectivity index (χ0v) is 12.0. The van der Waals surface area contributed by atoms with Crippen molar-refractivity contribution >= 4 is 0 Å². The number of rotatable bonds is 3. The van der Waals surface area contributed by atoms with Gasteiger partial charge in [-0.2, -0.15) is 0 Å². The van der Waals surface area contributed by atoms with Crippen molar-refractivity contribution in [2.24, 2.45) is 0 Å². The zero-order valence-electron chi connectivity index (χ0n) is 12.0. The van der Waals surface area contributed by atoms with Crippen LogP contribution in [0.4, 0.5) is 0 Å². The Hall–Kier alpha value is -1.22. The molecule has 2 rings (SSSR count). The lowest BCUT2D eigenvalue weighted by Crippen LogP contribution is -2.33. The van der Waals surface area contributed by atoms with E-state index in [9.17, 15) is 0 Å². The van der Waals surface area contributed by atoms with Crippen LogP contribution < -0.4 is 14.8 Å². The van der Waals surface area contributed by atoms with Gasteiger partial charge in [-0.15, -0.1) is 0 Å². The molecule has 1 saturated heterocycles. The van der Waals surface area contributed by atoms with E-state index in [0.717, 1.165) is 30.0 Å². The second kappa shape index (κ2) is 4.81. The van der Waals surface area contributed by atoms with Crippen molar-refractivity contribution in [3.63, 3.8) is 0 Å². The van der Waals surface area contributed by atoms with Gasteiger partial charge in [0.15, 0.2) is 11.5 Å². The Morgan fingerprint density at radius 1 is 1.17 bits per heavy atom. The molecule has 100 valence electrons. The molecule has 1 aliphatic heterocycles. The van der Waals surface area contributed by atoms with Gasteiger partial charge in [0.05, 0.1) is 14.2 Å². The van der Waals surface area contributed by atoms with E-state index in [2.05, 4.69) is 32.2 Å². The summed E-state index contributed by atoms with van der Waals surface area (Å²) in [5.74, 6) is 1.74. The summed E-state index contributed by atoms with van der Waals surface area (Å²) in [4.78, 5) is 0. The van der Waals surface area contributed by atoms with Crippen LogP contribution in [0.1, 0.15) is 36.5 Å². The second-order valence-corrected chi connectivity index (χ2v) is 5.29. The predicted octanol–water partition coefficient (Wildman–Crippen LogP) is 2.92. The van der Waals surface area contributed by atoms with Crippen LogP contribution in [0.25, 0.3) is 0 Å². The summed E-state index contributed by atoms with van der Waals surface area (Å²) in [6.45, 7) is 7.50. The molecule has 1 fully saturated rings. The number of ether oxygens (including phenoxy) is 2. The fraction of sp³-hybridized carbons (Fsp3) is 0.600. The molecule has 1 aromatic carbocycles. The molecule has 1 unspecified atom stereocenters. The van der Waals surface area contributed by atoms with Crippen molar-refractivity contribution in [2.75, 3.05) is 20.8 Å². The molecule has 0 bridgehead atoms. The Kier molecular flexibility index (Phi) is 3.53. The molecular formula is C15H23NO2. The lowest BCUT2D eigenvalue weighted by Gasteiger charge is -2.29. The Balaban J connectivity index is 2.63. The topological polar surface area (TPSA) is 30.5 Å². The molecular weight excluding hydrogens is 226 g/mol. The van der Waals surface area contributed by atoms with E-state index >= 15 is 0 Å². The average Bonchev–Trinajstić information content (AvgIpc) is 2.80. The lowest BCUT2D eigenvalue weighted by molar-refractivity contribution is 0.331. The average molecular weight is 249 g/mol. The van der Waals surface area contributed by atoms with E-state index in [-0.39, 0.29) is 5.54 Å². The molecule has 3 heteroatoms. The fourth-order valence-electron chi connectivity index (χ4n) is 2.84. The van der Waals surface area contributed by atoms with Crippen molar-refractivity contribution in [3.8, 4) is 11.5 Å². The third-order valence-electron chi connectivity index (χ3n) is 4.12. The number of methoxy groups -OCH3 is 2. The zero-order chi connectivity index (χ0) is 13.3. The SMILES string of the molecule is COc1c(C2(C)CCCN2)cc(C)c(C)c1OC. The first kappa shape index (κ1) is 13.2. The van der Waals surface area contributed by atoms with E-state index in [1.807, 2.05) is 0 Å². The summed E-state index contributed by atoms with van der Waals surface area (Å²) in [6.07, 6.45) is 2.34. The number of aryl methyl sites for hydroxylation is 1. The normalized spacial score (nSPS) is 23.2. The van der Waals surface area contributed by atoms with Crippen LogP contribution in [0.3, 0.4) is 0 Å². The maximum Gasteiger partial charge on any atom is 0.166 e. The molecule has 1 atom stereocenters. The first-order chi connectivity index (χ1) is 8.53. The summed E-state index contributed by atoms with van der Waals surface area (Å²) in [5, 5.41) is 3.59. The Bertz CT molecular complexity index is 448. The summed E-state index contributed by atoms with van der Waals surface area (Å²) < 4.78 is 11.2. The van der Waals surface area contributed by atoms with Gasteiger partial charge >= 0.3 is 0 Å². The highest BCUT2D eigenvalue weighted by atomic mass is 16.5. The quantitative estimate of drug-likeness (QED) is 0.893. The Morgan fingerprint density at radius 2 is 1.83 bits per heavy atom. The molecule has 1 heterocycles. The number of nitrogens with one attached hydrogen (secondary N) is 1. The van der Waals surface area contributed by atoms with Gasteiger partial charge in [0.2, 0.25) is 0 Å². The van der Waals surface area contributed by atoms with Crippen molar-refractivity contribution in [1.29, 1.82) is 0 Å². The van der Waals surface area contributed by atoms with Gasteiger partial charge < -0.3 is 14.8 Å². The molecule has 1 aromatic rings. The van der Waals surface area contributed by atoms with Crippen LogP contribution in [0.5, 0.6) is 11.5 Å². The third-order valence-corrected chi connectivity index (χ3v) is 4.12. The van der Waals surface area contributed by atoms with Gasteiger partial charge in [-0.1, -0.05) is 0 Å². The summed E-state index contributed by atoms with van der Waals surface area (Å²) >= 11 is 0. The minimum Gasteiger partial charge on any atom is -0.493 e. The summed E-state index contributed by atoms with van der Waals surface area (Å²) in [6, 6.07) is 2.23. The van der Waals surface area contributed by atoms with Gasteiger partial charge in [-0.25, -0.2) is 0 Å². The third kappa shape index (κ3) is 1.97. The molecule has 0 radical (unpaired) electrons. The van der Waals surface area contributed by atoms with Crippen LogP contribution in [0.15, 0.2) is 6.07 Å². The maximum atomic E-state index is 5.62. The van der Waals surface area contributed by atoms with Crippen LogP contribution in [0.2, 0.25) is 0 Å². The summed E-state index contributed by atoms with van der Waals surface area (Å²) in [5.41, 5.74) is 3.61. The molecule has 0 amide bonds.